The second-order valence-electron chi connectivity index (χ2n) is 1.96. The van der Waals surface area contributed by atoms with Crippen molar-refractivity contribution in [3.63, 3.8) is 0 Å². The number of fused-ring (bicyclic) bond motifs is 1. The molecule has 11 heavy (non-hydrogen) atoms. The summed E-state index contributed by atoms with van der Waals surface area (Å²) in [4.78, 5) is 13.5. The lowest BCUT2D eigenvalue weighted by Gasteiger charge is -1.85. The van der Waals surface area contributed by atoms with Gasteiger partial charge in [0.05, 0.1) is 0 Å². The summed E-state index contributed by atoms with van der Waals surface area (Å²) in [5.41, 5.74) is 0.234. The van der Waals surface area contributed by atoms with Gasteiger partial charge in [-0.2, -0.15) is 0 Å². The minimum Gasteiger partial charge on any atom is -0.310 e. The number of H-pyrrole nitrogens is 1. The molecule has 0 fully saturated rings. The van der Waals surface area contributed by atoms with Gasteiger partial charge in [-0.15, -0.1) is 14.8 Å². The molecule has 1 N–H and O–H groups in total. The van der Waals surface area contributed by atoms with Gasteiger partial charge in [-0.05, 0) is 15.9 Å². The second kappa shape index (κ2) is 2.16. The van der Waals surface area contributed by atoms with Crippen LogP contribution in [0.2, 0.25) is 0 Å². The van der Waals surface area contributed by atoms with Crippen LogP contribution in [0.3, 0.4) is 0 Å². The van der Waals surface area contributed by atoms with Crippen molar-refractivity contribution in [1.82, 2.24) is 19.8 Å². The summed E-state index contributed by atoms with van der Waals surface area (Å²) < 4.78 is 1.87. The molecule has 0 aromatic carbocycles. The number of hydrogen-bond donors (Lipinski definition) is 1. The molecule has 0 saturated carbocycles. The lowest BCUT2D eigenvalue weighted by Crippen LogP contribution is -2.10. The molecule has 0 amide bonds. The zero-order chi connectivity index (χ0) is 7.84. The van der Waals surface area contributed by atoms with Crippen molar-refractivity contribution in [1.29, 1.82) is 0 Å². The summed E-state index contributed by atoms with van der Waals surface area (Å²) in [6.07, 6.45) is 1.30. The number of hydrogen-bond acceptors (Lipinski definition) is 3. The van der Waals surface area contributed by atoms with E-state index in [2.05, 4.69) is 31.1 Å². The van der Waals surface area contributed by atoms with Crippen LogP contribution in [0.1, 0.15) is 0 Å². The lowest BCUT2D eigenvalue weighted by molar-refractivity contribution is 0.767. The number of nitrogens with zero attached hydrogens (tertiary/aromatic N) is 3. The first-order valence-corrected chi connectivity index (χ1v) is 3.66. The molecule has 0 saturated heterocycles. The Hall–Kier alpha value is -1.17. The van der Waals surface area contributed by atoms with Gasteiger partial charge in [0.15, 0.2) is 5.52 Å². The fourth-order valence-corrected chi connectivity index (χ4v) is 1.17. The van der Waals surface area contributed by atoms with Crippen molar-refractivity contribution < 1.29 is 0 Å². The third kappa shape index (κ3) is 0.949. The number of halogens is 1. The molecule has 2 aromatic heterocycles. The largest absolute Gasteiger partial charge is 0.310 e. The van der Waals surface area contributed by atoms with Gasteiger partial charge in [0.2, 0.25) is 0 Å². The van der Waals surface area contributed by atoms with Crippen LogP contribution in [-0.2, 0) is 0 Å². The molecule has 0 aliphatic heterocycles. The zero-order valence-corrected chi connectivity index (χ0v) is 6.87. The summed E-state index contributed by atoms with van der Waals surface area (Å²) in [6, 6.07) is 1.60. The van der Waals surface area contributed by atoms with E-state index in [9.17, 15) is 4.79 Å². The van der Waals surface area contributed by atoms with Gasteiger partial charge in [0.25, 0.3) is 5.56 Å². The second-order valence-corrected chi connectivity index (χ2v) is 2.77. The molecule has 0 aliphatic rings. The standard InChI is InChI=1S/C5H3BrN4O/c6-4-1-3-5(11)7-2-8-10(3)9-4/h1-2H,(H,7,8,11). The van der Waals surface area contributed by atoms with E-state index in [0.717, 1.165) is 0 Å². The Bertz CT molecular complexity index is 445. The maximum atomic E-state index is 11.0. The fraction of sp³-hybridized carbons (Fsp3) is 0. The zero-order valence-electron chi connectivity index (χ0n) is 5.28. The van der Waals surface area contributed by atoms with Gasteiger partial charge in [-0.25, -0.2) is 0 Å². The first-order valence-electron chi connectivity index (χ1n) is 2.86. The molecular formula is C5H3BrN4O. The monoisotopic (exact) mass is 214 g/mol. The quantitative estimate of drug-likeness (QED) is 0.681. The number of aromatic nitrogens is 4. The van der Waals surface area contributed by atoms with Crippen molar-refractivity contribution in [2.24, 2.45) is 0 Å². The van der Waals surface area contributed by atoms with Crippen molar-refractivity contribution in [2.75, 3.05) is 0 Å². The van der Waals surface area contributed by atoms with Crippen molar-refractivity contribution in [2.45, 2.75) is 0 Å². The Labute approximate surface area is 69.2 Å². The average molecular weight is 215 g/mol. The molecule has 5 nitrogen and oxygen atoms in total. The van der Waals surface area contributed by atoms with Crippen LogP contribution in [0.15, 0.2) is 21.8 Å². The van der Waals surface area contributed by atoms with Crippen molar-refractivity contribution in [3.05, 3.63) is 27.4 Å². The minimum absolute atomic E-state index is 0.196. The van der Waals surface area contributed by atoms with E-state index in [1.807, 2.05) is 0 Å². The third-order valence-corrected chi connectivity index (χ3v) is 1.64. The third-order valence-electron chi connectivity index (χ3n) is 1.26. The Kier molecular flexibility index (Phi) is 1.28. The van der Waals surface area contributed by atoms with Gasteiger partial charge in [0, 0.05) is 6.07 Å². The van der Waals surface area contributed by atoms with Crippen LogP contribution < -0.4 is 5.56 Å². The maximum absolute atomic E-state index is 11.0. The molecule has 0 unspecified atom stereocenters. The van der Waals surface area contributed by atoms with Gasteiger partial charge in [-0.1, -0.05) is 0 Å². The highest BCUT2D eigenvalue weighted by atomic mass is 79.9. The van der Waals surface area contributed by atoms with Crippen LogP contribution in [-0.4, -0.2) is 19.8 Å². The molecule has 2 rings (SSSR count). The van der Waals surface area contributed by atoms with Crippen LogP contribution in [0.25, 0.3) is 5.52 Å². The van der Waals surface area contributed by atoms with Crippen molar-refractivity contribution >= 4 is 21.4 Å². The Morgan fingerprint density at radius 3 is 3.18 bits per heavy atom. The number of rotatable bonds is 0. The Morgan fingerprint density at radius 2 is 2.45 bits per heavy atom. The molecule has 2 heterocycles. The molecule has 0 atom stereocenters. The van der Waals surface area contributed by atoms with Crippen LogP contribution >= 0.6 is 15.9 Å². The van der Waals surface area contributed by atoms with Crippen LogP contribution in [0, 0.1) is 0 Å². The fourth-order valence-electron chi connectivity index (χ4n) is 0.804. The summed E-state index contributed by atoms with van der Waals surface area (Å²) in [6.45, 7) is 0. The highest BCUT2D eigenvalue weighted by molar-refractivity contribution is 9.10. The smallest absolute Gasteiger partial charge is 0.277 e. The average Bonchev–Trinajstić information content (AvgIpc) is 2.31. The van der Waals surface area contributed by atoms with E-state index < -0.39 is 0 Å². The maximum Gasteiger partial charge on any atom is 0.277 e. The molecule has 0 bridgehead atoms. The Morgan fingerprint density at radius 1 is 1.64 bits per heavy atom. The molecule has 2 aromatic rings. The minimum atomic E-state index is -0.196. The highest BCUT2D eigenvalue weighted by Gasteiger charge is 2.01. The van der Waals surface area contributed by atoms with Gasteiger partial charge >= 0.3 is 0 Å². The summed E-state index contributed by atoms with van der Waals surface area (Å²) in [5.74, 6) is 0. The molecular weight excluding hydrogens is 212 g/mol. The number of aromatic amines is 1. The van der Waals surface area contributed by atoms with E-state index in [0.29, 0.717) is 10.1 Å². The van der Waals surface area contributed by atoms with Crippen LogP contribution in [0.5, 0.6) is 0 Å². The number of nitrogens with one attached hydrogen (secondary N) is 1. The van der Waals surface area contributed by atoms with Crippen molar-refractivity contribution in [3.8, 4) is 0 Å². The topological polar surface area (TPSA) is 63.0 Å². The summed E-state index contributed by atoms with van der Waals surface area (Å²) >= 11 is 3.13. The van der Waals surface area contributed by atoms with Gasteiger partial charge in [-0.3, -0.25) is 4.79 Å². The highest BCUT2D eigenvalue weighted by Crippen LogP contribution is 2.05. The first kappa shape index (κ1) is 6.53. The van der Waals surface area contributed by atoms with Gasteiger partial charge in [0.1, 0.15) is 10.9 Å². The van der Waals surface area contributed by atoms with E-state index in [4.69, 9.17) is 0 Å². The molecule has 0 radical (unpaired) electrons. The van der Waals surface area contributed by atoms with Gasteiger partial charge < -0.3 is 4.98 Å². The summed E-state index contributed by atoms with van der Waals surface area (Å²) in [5, 5.41) is 7.66. The Balaban J connectivity index is 3.02. The predicted octanol–water partition coefficient (Wildman–Crippen LogP) is 0.180. The van der Waals surface area contributed by atoms with Crippen LogP contribution in [0.4, 0.5) is 0 Å². The first-order chi connectivity index (χ1) is 5.27. The predicted molar refractivity (Wildman–Crippen MR) is 41.3 cm³/mol. The molecule has 56 valence electrons. The normalized spacial score (nSPS) is 10.6. The van der Waals surface area contributed by atoms with E-state index in [-0.39, 0.29) is 5.56 Å². The molecule has 0 spiro atoms. The summed E-state index contributed by atoms with van der Waals surface area (Å²) in [7, 11) is 0. The van der Waals surface area contributed by atoms with E-state index in [1.54, 1.807) is 6.07 Å². The molecule has 0 aliphatic carbocycles. The lowest BCUT2D eigenvalue weighted by atomic mass is 10.5. The van der Waals surface area contributed by atoms with E-state index in [1.165, 1.54) is 11.0 Å². The van der Waals surface area contributed by atoms with E-state index >= 15 is 0 Å². The SMILES string of the molecule is O=c1[nH]cnn2nc(Br)cc12. The molecule has 6 heteroatoms.